The van der Waals surface area contributed by atoms with E-state index < -0.39 is 16.1 Å². The van der Waals surface area contributed by atoms with Crippen molar-refractivity contribution < 1.29 is 23.1 Å². The lowest BCUT2D eigenvalue weighted by Crippen LogP contribution is -2.50. The molecule has 3 N–H and O–H groups in total. The van der Waals surface area contributed by atoms with Crippen LogP contribution in [0.3, 0.4) is 0 Å². The molecule has 2 amide bonds. The Bertz CT molecular complexity index is 1160. The van der Waals surface area contributed by atoms with E-state index in [1.807, 2.05) is 12.1 Å². The number of amides is 2. The molecule has 0 unspecified atom stereocenters. The summed E-state index contributed by atoms with van der Waals surface area (Å²) in [6, 6.07) is 14.3. The zero-order valence-electron chi connectivity index (χ0n) is 19.8. The summed E-state index contributed by atoms with van der Waals surface area (Å²) >= 11 is 0. The number of nitrogens with zero attached hydrogens (tertiary/aromatic N) is 2. The molecule has 0 radical (unpaired) electrons. The molecule has 9 nitrogen and oxygen atoms in total. The van der Waals surface area contributed by atoms with Gasteiger partial charge in [0.15, 0.2) is 0 Å². The zero-order valence-corrected chi connectivity index (χ0v) is 20.6. The molecule has 0 aliphatic carbocycles. The van der Waals surface area contributed by atoms with Gasteiger partial charge in [-0.05, 0) is 48.7 Å². The lowest BCUT2D eigenvalue weighted by atomic mass is 9.93. The summed E-state index contributed by atoms with van der Waals surface area (Å²) in [4.78, 5) is 27.0. The Hall–Kier alpha value is -2.79. The summed E-state index contributed by atoms with van der Waals surface area (Å²) in [5.74, 6) is -0.464. The molecule has 0 aromatic heterocycles. The number of sulfonamides is 1. The smallest absolute Gasteiger partial charge is 0.253 e. The van der Waals surface area contributed by atoms with Crippen molar-refractivity contribution in [1.29, 1.82) is 0 Å². The van der Waals surface area contributed by atoms with E-state index in [9.17, 15) is 23.1 Å². The van der Waals surface area contributed by atoms with E-state index in [2.05, 4.69) is 22.8 Å². The van der Waals surface area contributed by atoms with Gasteiger partial charge in [-0.3, -0.25) is 9.59 Å². The fourth-order valence-electron chi connectivity index (χ4n) is 4.49. The molecule has 2 heterocycles. The van der Waals surface area contributed by atoms with Gasteiger partial charge in [0.1, 0.15) is 0 Å². The zero-order chi connectivity index (χ0) is 25.0. The predicted octanol–water partition coefficient (Wildman–Crippen LogP) is 0.599. The average molecular weight is 501 g/mol. The van der Waals surface area contributed by atoms with Crippen molar-refractivity contribution >= 4 is 21.8 Å². The highest BCUT2D eigenvalue weighted by atomic mass is 32.2. The number of hydrogen-bond acceptors (Lipinski definition) is 6. The van der Waals surface area contributed by atoms with Crippen LogP contribution in [0.1, 0.15) is 38.8 Å². The van der Waals surface area contributed by atoms with Crippen LogP contribution in [0.5, 0.6) is 0 Å². The molecule has 2 aliphatic heterocycles. The van der Waals surface area contributed by atoms with Gasteiger partial charge in [0.05, 0.1) is 11.9 Å². The molecule has 35 heavy (non-hydrogen) atoms. The fraction of sp³-hybridized carbons (Fsp3) is 0.440. The number of carbonyl (C=O) groups is 2. The van der Waals surface area contributed by atoms with E-state index in [4.69, 9.17) is 0 Å². The molecule has 0 spiro atoms. The fourth-order valence-corrected chi connectivity index (χ4v) is 5.58. The van der Waals surface area contributed by atoms with Crippen LogP contribution in [0.2, 0.25) is 0 Å². The lowest BCUT2D eigenvalue weighted by Gasteiger charge is -2.33. The van der Waals surface area contributed by atoms with Gasteiger partial charge in [-0.1, -0.05) is 24.3 Å². The highest BCUT2D eigenvalue weighted by Crippen LogP contribution is 2.18. The molecule has 2 aromatic rings. The maximum atomic E-state index is 12.8. The highest BCUT2D eigenvalue weighted by molar-refractivity contribution is 7.89. The Morgan fingerprint density at radius 3 is 2.31 bits per heavy atom. The molecule has 2 atom stereocenters. The molecular weight excluding hydrogens is 468 g/mol. The Morgan fingerprint density at radius 2 is 1.66 bits per heavy atom. The number of fused-ring (bicyclic) bond motifs is 1. The molecule has 1 saturated heterocycles. The van der Waals surface area contributed by atoms with E-state index in [0.29, 0.717) is 37.2 Å². The molecule has 2 aliphatic rings. The van der Waals surface area contributed by atoms with Crippen molar-refractivity contribution in [3.8, 4) is 0 Å². The summed E-state index contributed by atoms with van der Waals surface area (Å²) in [5.41, 5.74) is 3.27. The van der Waals surface area contributed by atoms with Gasteiger partial charge in [-0.25, -0.2) is 8.42 Å². The minimum Gasteiger partial charge on any atom is -0.390 e. The van der Waals surface area contributed by atoms with E-state index in [1.54, 1.807) is 36.1 Å². The van der Waals surface area contributed by atoms with E-state index >= 15 is 0 Å². The second-order valence-corrected chi connectivity index (χ2v) is 11.2. The van der Waals surface area contributed by atoms with Crippen LogP contribution in [0.4, 0.5) is 0 Å². The van der Waals surface area contributed by atoms with Crippen LogP contribution in [0.15, 0.2) is 48.5 Å². The number of benzene rings is 2. The predicted molar refractivity (Wildman–Crippen MR) is 132 cm³/mol. The van der Waals surface area contributed by atoms with Crippen molar-refractivity contribution in [3.05, 3.63) is 70.8 Å². The monoisotopic (exact) mass is 500 g/mol. The molecule has 188 valence electrons. The van der Waals surface area contributed by atoms with Gasteiger partial charge < -0.3 is 20.6 Å². The third-order valence-corrected chi connectivity index (χ3v) is 8.61. The second kappa shape index (κ2) is 10.9. The number of hydrogen-bond donors (Lipinski definition) is 3. The third kappa shape index (κ3) is 5.90. The number of carbonyl (C=O) groups excluding carboxylic acids is 2. The standard InChI is InChI=1S/C25H32N4O5S/c1-2-35(33,34)29-13-11-28(12-14-29)25(32)19-9-7-18(8-10-19)24(31)27-17-23(30)22-15-20-5-3-4-6-21(20)16-26-22/h3-10,22-23,26,30H,2,11-17H2,1H3,(H,27,31)/t22-,23+/m0/s1. The van der Waals surface area contributed by atoms with E-state index in [-0.39, 0.29) is 43.2 Å². The van der Waals surface area contributed by atoms with Gasteiger partial charge in [0, 0.05) is 56.4 Å². The largest absolute Gasteiger partial charge is 0.390 e. The Kier molecular flexibility index (Phi) is 7.85. The van der Waals surface area contributed by atoms with Gasteiger partial charge >= 0.3 is 0 Å². The maximum absolute atomic E-state index is 12.8. The molecular formula is C25H32N4O5S. The molecule has 0 bridgehead atoms. The molecule has 0 saturated carbocycles. The maximum Gasteiger partial charge on any atom is 0.253 e. The van der Waals surface area contributed by atoms with E-state index in [0.717, 1.165) is 0 Å². The number of nitrogens with one attached hydrogen (secondary N) is 2. The second-order valence-electron chi connectivity index (χ2n) is 8.91. The first-order chi connectivity index (χ1) is 16.8. The number of aliphatic hydroxyl groups excluding tert-OH is 1. The third-order valence-electron chi connectivity index (χ3n) is 6.73. The Labute approximate surface area is 206 Å². The summed E-state index contributed by atoms with van der Waals surface area (Å²) in [5, 5.41) is 16.7. The molecule has 10 heteroatoms. The first-order valence-electron chi connectivity index (χ1n) is 11.9. The summed E-state index contributed by atoms with van der Waals surface area (Å²) in [6.45, 7) is 3.64. The summed E-state index contributed by atoms with van der Waals surface area (Å²) in [7, 11) is -3.25. The number of rotatable bonds is 7. The topological polar surface area (TPSA) is 119 Å². The SMILES string of the molecule is CCS(=O)(=O)N1CCN(C(=O)c2ccc(C(=O)NC[C@@H](O)[C@@H]3Cc4ccccc4CN3)cc2)CC1. The summed E-state index contributed by atoms with van der Waals surface area (Å²) in [6.07, 6.45) is -0.0359. The van der Waals surface area contributed by atoms with Crippen LogP contribution in [0.25, 0.3) is 0 Å². The van der Waals surface area contributed by atoms with Crippen LogP contribution in [0, 0.1) is 0 Å². The Balaban J connectivity index is 1.27. The van der Waals surface area contributed by atoms with Crippen molar-refractivity contribution in [3.63, 3.8) is 0 Å². The van der Waals surface area contributed by atoms with Crippen molar-refractivity contribution in [2.24, 2.45) is 0 Å². The van der Waals surface area contributed by atoms with Crippen LogP contribution in [-0.2, 0) is 23.0 Å². The number of aliphatic hydroxyl groups is 1. The van der Waals surface area contributed by atoms with Gasteiger partial charge in [0.2, 0.25) is 10.0 Å². The van der Waals surface area contributed by atoms with Gasteiger partial charge in [0.25, 0.3) is 11.8 Å². The first-order valence-corrected chi connectivity index (χ1v) is 13.5. The molecule has 1 fully saturated rings. The van der Waals surface area contributed by atoms with Crippen molar-refractivity contribution in [2.45, 2.75) is 32.0 Å². The van der Waals surface area contributed by atoms with Crippen molar-refractivity contribution in [2.75, 3.05) is 38.5 Å². The van der Waals surface area contributed by atoms with E-state index in [1.165, 1.54) is 15.4 Å². The minimum absolute atomic E-state index is 0.0482. The van der Waals surface area contributed by atoms with Crippen molar-refractivity contribution in [1.82, 2.24) is 19.8 Å². The lowest BCUT2D eigenvalue weighted by molar-refractivity contribution is 0.0697. The molecule has 2 aromatic carbocycles. The first kappa shape index (κ1) is 25.3. The van der Waals surface area contributed by atoms with Crippen LogP contribution >= 0.6 is 0 Å². The van der Waals surface area contributed by atoms with Crippen LogP contribution in [-0.4, -0.2) is 85.2 Å². The van der Waals surface area contributed by atoms with Gasteiger partial charge in [-0.15, -0.1) is 0 Å². The average Bonchev–Trinajstić information content (AvgIpc) is 2.91. The summed E-state index contributed by atoms with van der Waals surface area (Å²) < 4.78 is 25.4. The number of piperazine rings is 1. The van der Waals surface area contributed by atoms with Crippen LogP contribution < -0.4 is 10.6 Å². The normalized spacial score (nSPS) is 19.6. The highest BCUT2D eigenvalue weighted by Gasteiger charge is 2.28. The van der Waals surface area contributed by atoms with Gasteiger partial charge in [-0.2, -0.15) is 4.31 Å². The Morgan fingerprint density at radius 1 is 1.03 bits per heavy atom. The molecule has 4 rings (SSSR count). The quantitative estimate of drug-likeness (QED) is 0.512. The minimum atomic E-state index is -3.25.